The smallest absolute Gasteiger partial charge is 0.328 e. The van der Waals surface area contributed by atoms with Gasteiger partial charge in [0.1, 0.15) is 6.04 Å². The molecule has 0 radical (unpaired) electrons. The van der Waals surface area contributed by atoms with Gasteiger partial charge in [0.15, 0.2) is 0 Å². The molecule has 0 aliphatic carbocycles. The number of esters is 1. The van der Waals surface area contributed by atoms with Gasteiger partial charge in [0.05, 0.1) is 6.61 Å². The van der Waals surface area contributed by atoms with E-state index in [-0.39, 0.29) is 19.1 Å². The van der Waals surface area contributed by atoms with Crippen LogP contribution in [-0.4, -0.2) is 36.2 Å². The summed E-state index contributed by atoms with van der Waals surface area (Å²) in [6.07, 6.45) is 1.25. The molecule has 0 aromatic rings. The van der Waals surface area contributed by atoms with Crippen molar-refractivity contribution >= 4 is 11.9 Å². The number of aliphatic hydroxyl groups excluding tert-OH is 1. The van der Waals surface area contributed by atoms with E-state index in [1.54, 1.807) is 6.92 Å². The summed E-state index contributed by atoms with van der Waals surface area (Å²) in [6, 6.07) is -0.610. The fourth-order valence-electron chi connectivity index (χ4n) is 0.875. The van der Waals surface area contributed by atoms with E-state index in [4.69, 9.17) is 9.84 Å². The Hall–Kier alpha value is -1.10. The Morgan fingerprint density at radius 1 is 1.43 bits per heavy atom. The third-order valence-corrected chi connectivity index (χ3v) is 1.57. The molecule has 0 aliphatic rings. The average Bonchev–Trinajstić information content (AvgIpc) is 2.11. The minimum absolute atomic E-state index is 0.0960. The van der Waals surface area contributed by atoms with Gasteiger partial charge in [-0.3, -0.25) is 4.79 Å². The fraction of sp³-hybridized carbons (Fsp3) is 0.778. The topological polar surface area (TPSA) is 75.6 Å². The van der Waals surface area contributed by atoms with E-state index < -0.39 is 12.0 Å². The van der Waals surface area contributed by atoms with Crippen LogP contribution in [0.5, 0.6) is 0 Å². The molecule has 0 fully saturated rings. The molecule has 0 rings (SSSR count). The van der Waals surface area contributed by atoms with E-state index in [1.165, 1.54) is 6.92 Å². The molecule has 2 N–H and O–H groups in total. The first-order valence-electron chi connectivity index (χ1n) is 4.62. The largest absolute Gasteiger partial charge is 0.464 e. The van der Waals surface area contributed by atoms with Gasteiger partial charge in [-0.1, -0.05) is 0 Å². The van der Waals surface area contributed by atoms with Crippen LogP contribution in [0.1, 0.15) is 26.7 Å². The molecule has 82 valence electrons. The van der Waals surface area contributed by atoms with Gasteiger partial charge in [0.2, 0.25) is 5.91 Å². The van der Waals surface area contributed by atoms with Crippen molar-refractivity contribution in [1.29, 1.82) is 0 Å². The molecule has 1 amide bonds. The molecule has 0 aromatic carbocycles. The lowest BCUT2D eigenvalue weighted by molar-refractivity contribution is -0.147. The van der Waals surface area contributed by atoms with Gasteiger partial charge in [-0.2, -0.15) is 0 Å². The van der Waals surface area contributed by atoms with Crippen molar-refractivity contribution in [2.24, 2.45) is 0 Å². The predicted octanol–water partition coefficient (Wildman–Crippen LogP) is -0.173. The summed E-state index contributed by atoms with van der Waals surface area (Å²) in [5.41, 5.74) is 0. The minimum atomic E-state index is -0.610. The fourth-order valence-corrected chi connectivity index (χ4v) is 0.875. The third-order valence-electron chi connectivity index (χ3n) is 1.57. The quantitative estimate of drug-likeness (QED) is 0.464. The number of carbonyl (C=O) groups is 2. The van der Waals surface area contributed by atoms with Gasteiger partial charge < -0.3 is 15.2 Å². The Morgan fingerprint density at radius 3 is 2.57 bits per heavy atom. The Morgan fingerprint density at radius 2 is 2.07 bits per heavy atom. The van der Waals surface area contributed by atoms with Crippen LogP contribution in [0.25, 0.3) is 0 Å². The molecule has 0 bridgehead atoms. The van der Waals surface area contributed by atoms with Gasteiger partial charge in [0.25, 0.3) is 0 Å². The SMILES string of the molecule is CC(=O)N[C@@H](C)C(=O)OCCCCO. The third kappa shape index (κ3) is 6.42. The zero-order chi connectivity index (χ0) is 11.0. The molecule has 1 atom stereocenters. The van der Waals surface area contributed by atoms with Crippen LogP contribution in [0.3, 0.4) is 0 Å². The number of unbranched alkanes of at least 4 members (excludes halogenated alkanes) is 1. The summed E-state index contributed by atoms with van der Waals surface area (Å²) in [7, 11) is 0. The van der Waals surface area contributed by atoms with E-state index in [0.29, 0.717) is 12.8 Å². The lowest BCUT2D eigenvalue weighted by atomic mass is 10.3. The molecule has 14 heavy (non-hydrogen) atoms. The lowest BCUT2D eigenvalue weighted by Gasteiger charge is -2.11. The highest BCUT2D eigenvalue weighted by molar-refractivity contribution is 5.82. The Kier molecular flexibility index (Phi) is 6.74. The van der Waals surface area contributed by atoms with E-state index in [0.717, 1.165) is 0 Å². The highest BCUT2D eigenvalue weighted by atomic mass is 16.5. The predicted molar refractivity (Wildman–Crippen MR) is 50.6 cm³/mol. The molecule has 0 aromatic heterocycles. The van der Waals surface area contributed by atoms with Crippen molar-refractivity contribution in [3.8, 4) is 0 Å². The average molecular weight is 203 g/mol. The molecule has 0 saturated heterocycles. The standard InChI is InChI=1S/C9H17NO4/c1-7(10-8(2)12)9(13)14-6-4-3-5-11/h7,11H,3-6H2,1-2H3,(H,10,12)/t7-/m0/s1. The number of amides is 1. The van der Waals surface area contributed by atoms with Crippen molar-refractivity contribution in [2.75, 3.05) is 13.2 Å². The summed E-state index contributed by atoms with van der Waals surface area (Å²) in [4.78, 5) is 21.7. The van der Waals surface area contributed by atoms with Crippen LogP contribution >= 0.6 is 0 Å². The van der Waals surface area contributed by atoms with Crippen LogP contribution in [0, 0.1) is 0 Å². The first-order chi connectivity index (χ1) is 6.57. The van der Waals surface area contributed by atoms with Gasteiger partial charge in [0, 0.05) is 13.5 Å². The normalized spacial score (nSPS) is 11.9. The minimum Gasteiger partial charge on any atom is -0.464 e. The van der Waals surface area contributed by atoms with Crippen LogP contribution < -0.4 is 5.32 Å². The summed E-state index contributed by atoms with van der Waals surface area (Å²) in [6.45, 7) is 3.29. The van der Waals surface area contributed by atoms with Crippen LogP contribution in [0.15, 0.2) is 0 Å². The van der Waals surface area contributed by atoms with E-state index in [1.807, 2.05) is 0 Å². The maximum absolute atomic E-state index is 11.1. The number of rotatable bonds is 6. The first-order valence-corrected chi connectivity index (χ1v) is 4.62. The number of hydrogen-bond acceptors (Lipinski definition) is 4. The number of nitrogens with one attached hydrogen (secondary N) is 1. The molecule has 0 unspecified atom stereocenters. The van der Waals surface area contributed by atoms with E-state index in [2.05, 4.69) is 5.32 Å². The van der Waals surface area contributed by atoms with E-state index >= 15 is 0 Å². The van der Waals surface area contributed by atoms with Crippen molar-refractivity contribution in [2.45, 2.75) is 32.7 Å². The molecule has 0 spiro atoms. The summed E-state index contributed by atoms with van der Waals surface area (Å²) in [5.74, 6) is -0.706. The first kappa shape index (κ1) is 12.9. The van der Waals surface area contributed by atoms with Crippen LogP contribution in [0.2, 0.25) is 0 Å². The zero-order valence-electron chi connectivity index (χ0n) is 8.58. The maximum atomic E-state index is 11.1. The van der Waals surface area contributed by atoms with E-state index in [9.17, 15) is 9.59 Å². The molecule has 0 saturated carbocycles. The number of ether oxygens (including phenoxy) is 1. The summed E-state index contributed by atoms with van der Waals surface area (Å²) in [5, 5.41) is 10.9. The highest BCUT2D eigenvalue weighted by Crippen LogP contribution is 1.92. The summed E-state index contributed by atoms with van der Waals surface area (Å²) >= 11 is 0. The van der Waals surface area contributed by atoms with Crippen molar-refractivity contribution in [3.63, 3.8) is 0 Å². The van der Waals surface area contributed by atoms with Crippen molar-refractivity contribution in [3.05, 3.63) is 0 Å². The molecular weight excluding hydrogens is 186 g/mol. The van der Waals surface area contributed by atoms with Crippen molar-refractivity contribution < 1.29 is 19.4 Å². The lowest BCUT2D eigenvalue weighted by Crippen LogP contribution is -2.38. The molecule has 0 aliphatic heterocycles. The highest BCUT2D eigenvalue weighted by Gasteiger charge is 2.14. The monoisotopic (exact) mass is 203 g/mol. The molecule has 5 heteroatoms. The van der Waals surface area contributed by atoms with Crippen molar-refractivity contribution in [1.82, 2.24) is 5.32 Å². The number of hydrogen-bond donors (Lipinski definition) is 2. The van der Waals surface area contributed by atoms with Gasteiger partial charge >= 0.3 is 5.97 Å². The number of aliphatic hydroxyl groups is 1. The molecule has 0 heterocycles. The van der Waals surface area contributed by atoms with Crippen LogP contribution in [0.4, 0.5) is 0 Å². The van der Waals surface area contributed by atoms with Gasteiger partial charge in [-0.05, 0) is 19.8 Å². The Bertz CT molecular complexity index is 193. The molecule has 5 nitrogen and oxygen atoms in total. The summed E-state index contributed by atoms with van der Waals surface area (Å²) < 4.78 is 4.84. The number of carbonyl (C=O) groups excluding carboxylic acids is 2. The van der Waals surface area contributed by atoms with Gasteiger partial charge in [-0.25, -0.2) is 4.79 Å². The Labute approximate surface area is 83.4 Å². The Balaban J connectivity index is 3.57. The van der Waals surface area contributed by atoms with Crippen LogP contribution in [-0.2, 0) is 14.3 Å². The second kappa shape index (κ2) is 7.32. The second-order valence-electron chi connectivity index (χ2n) is 3.02. The molecular formula is C9H17NO4. The maximum Gasteiger partial charge on any atom is 0.328 e. The van der Waals surface area contributed by atoms with Gasteiger partial charge in [-0.15, -0.1) is 0 Å². The zero-order valence-corrected chi connectivity index (χ0v) is 8.58. The second-order valence-corrected chi connectivity index (χ2v) is 3.02.